The number of hydrogen-bond donors (Lipinski definition) is 1. The Morgan fingerprint density at radius 3 is 2.53 bits per heavy atom. The fourth-order valence-corrected chi connectivity index (χ4v) is 2.10. The molecule has 2 rings (SSSR count). The molecule has 0 atom stereocenters. The highest BCUT2D eigenvalue weighted by Crippen LogP contribution is 2.22. The molecule has 0 saturated carbocycles. The number of anilines is 1. The Kier molecular flexibility index (Phi) is 3.15. The normalized spacial score (nSPS) is 11.1. The number of nitrogens with one attached hydrogen (secondary N) is 1. The minimum atomic E-state index is -3.23. The predicted octanol–water partition coefficient (Wildman–Crippen LogP) is 2.53. The minimum absolute atomic E-state index is 0.564. The predicted molar refractivity (Wildman–Crippen MR) is 69.2 cm³/mol. The van der Waals surface area contributed by atoms with E-state index in [-0.39, 0.29) is 0 Å². The second-order valence-corrected chi connectivity index (χ2v) is 5.50. The molecule has 0 spiro atoms. The Balaban J connectivity index is 2.36. The van der Waals surface area contributed by atoms with E-state index in [2.05, 4.69) is 10.8 Å². The van der Waals surface area contributed by atoms with E-state index in [4.69, 9.17) is 0 Å². The van der Waals surface area contributed by atoms with Crippen LogP contribution in [0.5, 0.6) is 0 Å². The zero-order valence-electron chi connectivity index (χ0n) is 9.34. The lowest BCUT2D eigenvalue weighted by atomic mass is 10.1. The molecule has 17 heavy (non-hydrogen) atoms. The van der Waals surface area contributed by atoms with E-state index in [0.717, 1.165) is 17.4 Å². The van der Waals surface area contributed by atoms with Gasteiger partial charge in [0.15, 0.2) is 0 Å². The van der Waals surface area contributed by atoms with E-state index in [0.29, 0.717) is 5.69 Å². The van der Waals surface area contributed by atoms with Gasteiger partial charge in [0.1, 0.15) is 0 Å². The molecule has 4 heteroatoms. The molecule has 2 aromatic rings. The van der Waals surface area contributed by atoms with Gasteiger partial charge in [-0.2, -0.15) is 0 Å². The third-order valence-corrected chi connectivity index (χ3v) is 2.81. The average molecular weight is 246 g/mol. The van der Waals surface area contributed by atoms with Crippen molar-refractivity contribution >= 4 is 15.7 Å². The monoisotopic (exact) mass is 246 g/mol. The molecule has 0 bridgehead atoms. The van der Waals surface area contributed by atoms with Gasteiger partial charge in [-0.3, -0.25) is 4.72 Å². The summed E-state index contributed by atoms with van der Waals surface area (Å²) in [5.74, 6) is 0. The van der Waals surface area contributed by atoms with Crippen LogP contribution >= 0.6 is 0 Å². The van der Waals surface area contributed by atoms with E-state index in [1.807, 2.05) is 36.4 Å². The highest BCUT2D eigenvalue weighted by Gasteiger charge is 2.03. The third kappa shape index (κ3) is 3.32. The lowest BCUT2D eigenvalue weighted by molar-refractivity contribution is 0.607. The molecule has 0 heterocycles. The van der Waals surface area contributed by atoms with Crippen molar-refractivity contribution in [3.05, 3.63) is 54.6 Å². The van der Waals surface area contributed by atoms with E-state index in [1.165, 1.54) is 0 Å². The van der Waals surface area contributed by atoms with Gasteiger partial charge in [-0.1, -0.05) is 30.3 Å². The quantitative estimate of drug-likeness (QED) is 0.904. The van der Waals surface area contributed by atoms with Crippen molar-refractivity contribution in [2.45, 2.75) is 0 Å². The van der Waals surface area contributed by atoms with Crippen LogP contribution in [0.15, 0.2) is 48.5 Å². The summed E-state index contributed by atoms with van der Waals surface area (Å²) < 4.78 is 24.7. The molecule has 0 aliphatic rings. The number of sulfonamides is 1. The van der Waals surface area contributed by atoms with Gasteiger partial charge in [0.2, 0.25) is 10.0 Å². The van der Waals surface area contributed by atoms with Crippen LogP contribution in [0.3, 0.4) is 0 Å². The van der Waals surface area contributed by atoms with Gasteiger partial charge >= 0.3 is 0 Å². The van der Waals surface area contributed by atoms with E-state index in [1.54, 1.807) is 12.1 Å². The summed E-state index contributed by atoms with van der Waals surface area (Å²) in [5, 5.41) is 0. The minimum Gasteiger partial charge on any atom is -0.284 e. The Bertz CT molecular complexity index is 606. The third-order valence-electron chi connectivity index (χ3n) is 2.21. The zero-order chi connectivity index (χ0) is 12.3. The smallest absolute Gasteiger partial charge is 0.229 e. The lowest BCUT2D eigenvalue weighted by Crippen LogP contribution is -2.09. The zero-order valence-corrected chi connectivity index (χ0v) is 10.2. The maximum absolute atomic E-state index is 11.1. The molecule has 0 aliphatic carbocycles. The van der Waals surface area contributed by atoms with E-state index < -0.39 is 10.0 Å². The Morgan fingerprint density at radius 1 is 1.12 bits per heavy atom. The van der Waals surface area contributed by atoms with Crippen molar-refractivity contribution in [1.29, 1.82) is 0 Å². The molecule has 0 aromatic heterocycles. The van der Waals surface area contributed by atoms with Gasteiger partial charge in [-0.15, -0.1) is 0 Å². The molecular formula is C13H12NO2S. The largest absolute Gasteiger partial charge is 0.284 e. The Morgan fingerprint density at radius 2 is 1.88 bits per heavy atom. The second kappa shape index (κ2) is 4.59. The molecule has 0 saturated heterocycles. The summed E-state index contributed by atoms with van der Waals surface area (Å²) in [6.45, 7) is 0. The van der Waals surface area contributed by atoms with Crippen LogP contribution < -0.4 is 4.72 Å². The number of benzene rings is 2. The summed E-state index contributed by atoms with van der Waals surface area (Å²) in [7, 11) is -3.23. The Hall–Kier alpha value is -1.81. The molecule has 1 radical (unpaired) electrons. The molecule has 0 aliphatic heterocycles. The van der Waals surface area contributed by atoms with Crippen molar-refractivity contribution < 1.29 is 8.42 Å². The van der Waals surface area contributed by atoms with Crippen LogP contribution in [0.2, 0.25) is 0 Å². The molecule has 0 fully saturated rings. The molecule has 1 N–H and O–H groups in total. The van der Waals surface area contributed by atoms with Crippen LogP contribution in [-0.2, 0) is 10.0 Å². The number of rotatable bonds is 3. The molecule has 0 unspecified atom stereocenters. The topological polar surface area (TPSA) is 46.2 Å². The maximum Gasteiger partial charge on any atom is 0.229 e. The SMILES string of the molecule is CS(=O)(=O)Nc1cccc(-c2c[c]ccc2)c1. The molecule has 87 valence electrons. The fraction of sp³-hybridized carbons (Fsp3) is 0.0769. The van der Waals surface area contributed by atoms with Gasteiger partial charge in [-0.25, -0.2) is 8.42 Å². The first kappa shape index (κ1) is 11.7. The highest BCUT2D eigenvalue weighted by molar-refractivity contribution is 7.92. The fourth-order valence-electron chi connectivity index (χ4n) is 1.55. The van der Waals surface area contributed by atoms with Crippen LogP contribution in [0, 0.1) is 6.07 Å². The number of hydrogen-bond acceptors (Lipinski definition) is 2. The average Bonchev–Trinajstić information content (AvgIpc) is 2.28. The summed E-state index contributed by atoms with van der Waals surface area (Å²) in [6.07, 6.45) is 1.13. The summed E-state index contributed by atoms with van der Waals surface area (Å²) >= 11 is 0. The summed E-state index contributed by atoms with van der Waals surface area (Å²) in [4.78, 5) is 0. The van der Waals surface area contributed by atoms with Gasteiger partial charge < -0.3 is 0 Å². The van der Waals surface area contributed by atoms with Crippen molar-refractivity contribution in [3.63, 3.8) is 0 Å². The van der Waals surface area contributed by atoms with Crippen molar-refractivity contribution in [3.8, 4) is 11.1 Å². The van der Waals surface area contributed by atoms with Gasteiger partial charge in [0, 0.05) is 5.69 Å². The molecule has 0 amide bonds. The van der Waals surface area contributed by atoms with Crippen LogP contribution in [0.1, 0.15) is 0 Å². The van der Waals surface area contributed by atoms with Crippen molar-refractivity contribution in [1.82, 2.24) is 0 Å². The highest BCUT2D eigenvalue weighted by atomic mass is 32.2. The van der Waals surface area contributed by atoms with Crippen molar-refractivity contribution in [2.24, 2.45) is 0 Å². The first-order chi connectivity index (χ1) is 8.04. The van der Waals surface area contributed by atoms with Crippen LogP contribution in [0.4, 0.5) is 5.69 Å². The first-order valence-electron chi connectivity index (χ1n) is 5.09. The standard InChI is InChI=1S/C13H12NO2S/c1-17(15,16)14-13-9-5-8-12(10-13)11-6-3-2-4-7-11/h2-3,5-10,14H,1H3. The van der Waals surface area contributed by atoms with E-state index in [9.17, 15) is 8.42 Å². The summed E-state index contributed by atoms with van der Waals surface area (Å²) in [5.41, 5.74) is 2.52. The lowest BCUT2D eigenvalue weighted by Gasteiger charge is -2.06. The maximum atomic E-state index is 11.1. The van der Waals surface area contributed by atoms with Gasteiger partial charge in [-0.05, 0) is 35.4 Å². The second-order valence-electron chi connectivity index (χ2n) is 3.75. The Labute approximate surface area is 101 Å². The van der Waals surface area contributed by atoms with Crippen molar-refractivity contribution in [2.75, 3.05) is 11.0 Å². The molecule has 3 nitrogen and oxygen atoms in total. The van der Waals surface area contributed by atoms with Gasteiger partial charge in [0.25, 0.3) is 0 Å². The van der Waals surface area contributed by atoms with Crippen LogP contribution in [-0.4, -0.2) is 14.7 Å². The van der Waals surface area contributed by atoms with Crippen LogP contribution in [0.25, 0.3) is 11.1 Å². The first-order valence-corrected chi connectivity index (χ1v) is 6.98. The molecule has 2 aromatic carbocycles. The van der Waals surface area contributed by atoms with Gasteiger partial charge in [0.05, 0.1) is 6.26 Å². The molecular weight excluding hydrogens is 234 g/mol. The summed E-state index contributed by atoms with van der Waals surface area (Å²) in [6, 6.07) is 17.8. The van der Waals surface area contributed by atoms with E-state index >= 15 is 0 Å².